The summed E-state index contributed by atoms with van der Waals surface area (Å²) >= 11 is 8.10. The fourth-order valence-corrected chi connectivity index (χ4v) is 5.29. The van der Waals surface area contributed by atoms with Crippen molar-refractivity contribution in [2.45, 2.75) is 18.3 Å². The second-order valence-electron chi connectivity index (χ2n) is 6.58. The topological polar surface area (TPSA) is 152 Å². The van der Waals surface area contributed by atoms with Crippen molar-refractivity contribution in [2.75, 3.05) is 24.6 Å². The van der Waals surface area contributed by atoms with Crippen LogP contribution in [0.4, 0.5) is 5.13 Å². The number of thiazole rings is 1. The van der Waals surface area contributed by atoms with Gasteiger partial charge in [-0.1, -0.05) is 11.6 Å². The number of nitrogens with one attached hydrogen (secondary N) is 1. The van der Waals surface area contributed by atoms with Crippen molar-refractivity contribution in [1.29, 1.82) is 0 Å². The molecular formula is C16H18ClN4NaO6S2. The minimum absolute atomic E-state index is 0. The van der Waals surface area contributed by atoms with Gasteiger partial charge in [-0.25, -0.2) is 4.98 Å². The van der Waals surface area contributed by atoms with Gasteiger partial charge in [-0.3, -0.25) is 19.2 Å². The number of hydrogen-bond donors (Lipinski definition) is 3. The number of nitrogens with zero attached hydrogens (tertiary/aromatic N) is 2. The van der Waals surface area contributed by atoms with E-state index in [1.54, 1.807) is 5.38 Å². The van der Waals surface area contributed by atoms with E-state index in [2.05, 4.69) is 10.3 Å². The van der Waals surface area contributed by atoms with E-state index in [1.165, 1.54) is 23.6 Å². The second-order valence-corrected chi connectivity index (χ2v) is 8.79. The Balaban J connectivity index is 0.00000320. The third-order valence-electron chi connectivity index (χ3n) is 4.59. The predicted molar refractivity (Wildman–Crippen MR) is 114 cm³/mol. The first kappa shape index (κ1) is 25.0. The maximum absolute atomic E-state index is 12.5. The molecule has 0 saturated carbocycles. The van der Waals surface area contributed by atoms with Gasteiger partial charge in [0.25, 0.3) is 5.91 Å². The van der Waals surface area contributed by atoms with Gasteiger partial charge >= 0.3 is 41.5 Å². The van der Waals surface area contributed by atoms with Crippen molar-refractivity contribution in [3.05, 3.63) is 16.6 Å². The van der Waals surface area contributed by atoms with E-state index in [4.69, 9.17) is 22.1 Å². The number of halogens is 1. The number of aromatic nitrogens is 1. The summed E-state index contributed by atoms with van der Waals surface area (Å²) in [6, 6.07) is -0.824. The number of hydrogen-bond acceptors (Lipinski definition) is 9. The van der Waals surface area contributed by atoms with Crippen LogP contribution < -0.4 is 11.1 Å². The number of nitrogens with two attached hydrogens (primary N) is 1. The number of carbonyl (C=O) groups excluding carboxylic acids is 3. The van der Waals surface area contributed by atoms with Crippen LogP contribution in [0.15, 0.2) is 10.9 Å². The van der Waals surface area contributed by atoms with Gasteiger partial charge in [-0.15, -0.1) is 23.1 Å². The molecule has 0 aliphatic carbocycles. The van der Waals surface area contributed by atoms with Crippen LogP contribution in [0.2, 0.25) is 0 Å². The van der Waals surface area contributed by atoms with Crippen LogP contribution in [0.1, 0.15) is 12.6 Å². The van der Waals surface area contributed by atoms with Crippen LogP contribution in [0, 0.1) is 5.41 Å². The molecular weight excluding hydrogens is 467 g/mol. The van der Waals surface area contributed by atoms with Gasteiger partial charge in [-0.2, -0.15) is 0 Å². The average molecular weight is 485 g/mol. The summed E-state index contributed by atoms with van der Waals surface area (Å²) in [4.78, 5) is 53.3. The molecule has 2 unspecified atom stereocenters. The van der Waals surface area contributed by atoms with Gasteiger partial charge in [0.2, 0.25) is 5.91 Å². The molecule has 0 aromatic carbocycles. The number of carboxylic acid groups (broad SMARTS) is 1. The van der Waals surface area contributed by atoms with E-state index in [1.807, 2.05) is 0 Å². The molecule has 2 aliphatic heterocycles. The molecule has 0 bridgehead atoms. The summed E-state index contributed by atoms with van der Waals surface area (Å²) in [6.07, 6.45) is 0. The van der Waals surface area contributed by atoms with Crippen molar-refractivity contribution >= 4 is 98.7 Å². The molecule has 2 aliphatic rings. The number of esters is 1. The number of fused-ring (bicyclic) bond motifs is 1. The molecule has 0 radical (unpaired) electrons. The molecule has 10 nitrogen and oxygen atoms in total. The van der Waals surface area contributed by atoms with Gasteiger partial charge in [0.1, 0.15) is 23.4 Å². The van der Waals surface area contributed by atoms with E-state index < -0.39 is 40.6 Å². The van der Waals surface area contributed by atoms with Crippen LogP contribution in [0.5, 0.6) is 0 Å². The summed E-state index contributed by atoms with van der Waals surface area (Å²) in [5.74, 6) is -2.63. The maximum atomic E-state index is 12.5. The Labute approximate surface area is 206 Å². The molecule has 4 N–H and O–H groups in total. The summed E-state index contributed by atoms with van der Waals surface area (Å²) in [5, 5.41) is 13.7. The molecule has 2 amide bonds. The number of nitrogen functional groups attached to an aromatic ring is 1. The number of β-lactam (4-membered cyclic amide) rings is 1. The molecule has 3 atom stereocenters. The van der Waals surface area contributed by atoms with Crippen LogP contribution in [-0.2, 0) is 23.9 Å². The Hall–Kier alpha value is -1.31. The summed E-state index contributed by atoms with van der Waals surface area (Å²) in [5.41, 5.74) is 5.61. The molecule has 2 fully saturated rings. The monoisotopic (exact) mass is 484 g/mol. The van der Waals surface area contributed by atoms with Crippen LogP contribution >= 0.6 is 34.7 Å². The molecule has 158 valence electrons. The number of aliphatic carboxylic acids is 1. The van der Waals surface area contributed by atoms with E-state index in [0.717, 1.165) is 16.9 Å². The van der Waals surface area contributed by atoms with E-state index in [-0.39, 0.29) is 59.2 Å². The van der Waals surface area contributed by atoms with Gasteiger partial charge in [-0.05, 0) is 0 Å². The molecule has 1 aromatic rings. The molecule has 3 heterocycles. The first-order valence-electron chi connectivity index (χ1n) is 8.30. The summed E-state index contributed by atoms with van der Waals surface area (Å²) in [6.45, 7) is 0.745. The standard InChI is InChI=1S/C16H17ClN4O6S2.Na.H/c1-7(22)27-5-16(14(25)26)4-21-12(24)10(13(21)29-6-16)20-11(23)8(2-17)9-3-28-15(18)19-9;;/h2-3,10,13H,4-6H2,1H3,(H2,18,19)(H,20,23)(H,25,26);;/t10?,13-,16?;;/m1../s1. The van der Waals surface area contributed by atoms with E-state index in [0.29, 0.717) is 5.69 Å². The fraction of sp³-hybridized carbons (Fsp3) is 0.438. The van der Waals surface area contributed by atoms with Gasteiger partial charge in [0, 0.05) is 30.1 Å². The first-order chi connectivity index (χ1) is 13.7. The molecule has 1 aromatic heterocycles. The zero-order valence-electron chi connectivity index (χ0n) is 15.1. The van der Waals surface area contributed by atoms with Gasteiger partial charge < -0.3 is 25.8 Å². The van der Waals surface area contributed by atoms with Crippen molar-refractivity contribution in [3.8, 4) is 0 Å². The SMILES string of the molecule is CC(=O)OCC1(C(=O)O)CS[C@@H]2C(NC(=O)C(=CCl)c3csc(N)n3)C(=O)N2C1.[NaH]. The quantitative estimate of drug-likeness (QED) is 0.213. The Morgan fingerprint density at radius 1 is 1.53 bits per heavy atom. The normalized spacial score (nSPS) is 25.5. The van der Waals surface area contributed by atoms with E-state index in [9.17, 15) is 24.3 Å². The number of amides is 2. The molecule has 14 heteroatoms. The summed E-state index contributed by atoms with van der Waals surface area (Å²) < 4.78 is 4.90. The Morgan fingerprint density at radius 3 is 2.77 bits per heavy atom. The average Bonchev–Trinajstić information content (AvgIpc) is 3.10. The molecule has 2 saturated heterocycles. The van der Waals surface area contributed by atoms with Crippen molar-refractivity contribution in [1.82, 2.24) is 15.2 Å². The number of carbonyl (C=O) groups is 4. The van der Waals surface area contributed by atoms with Gasteiger partial charge in [0.05, 0.1) is 11.3 Å². The van der Waals surface area contributed by atoms with E-state index >= 15 is 0 Å². The Morgan fingerprint density at radius 2 is 2.23 bits per heavy atom. The number of anilines is 1. The Bertz CT molecular complexity index is 912. The molecule has 0 spiro atoms. The van der Waals surface area contributed by atoms with Crippen molar-refractivity contribution < 1.29 is 29.0 Å². The van der Waals surface area contributed by atoms with Gasteiger partial charge in [0.15, 0.2) is 5.13 Å². The van der Waals surface area contributed by atoms with Crippen molar-refractivity contribution in [3.63, 3.8) is 0 Å². The zero-order valence-corrected chi connectivity index (χ0v) is 17.5. The number of carboxylic acids is 1. The summed E-state index contributed by atoms with van der Waals surface area (Å²) in [7, 11) is 0. The fourth-order valence-electron chi connectivity index (χ4n) is 3.00. The van der Waals surface area contributed by atoms with Crippen LogP contribution in [0.3, 0.4) is 0 Å². The first-order valence-corrected chi connectivity index (χ1v) is 10.7. The third kappa shape index (κ3) is 4.78. The number of rotatable bonds is 6. The molecule has 30 heavy (non-hydrogen) atoms. The van der Waals surface area contributed by atoms with Crippen LogP contribution in [-0.4, -0.2) is 98.6 Å². The minimum atomic E-state index is -1.39. The second kappa shape index (κ2) is 9.88. The Kier molecular flexibility index (Phi) is 8.22. The van der Waals surface area contributed by atoms with Crippen LogP contribution in [0.25, 0.3) is 5.57 Å². The van der Waals surface area contributed by atoms with Crippen molar-refractivity contribution in [2.24, 2.45) is 5.41 Å². The predicted octanol–water partition coefficient (Wildman–Crippen LogP) is -0.309. The number of thioether (sulfide) groups is 1. The zero-order chi connectivity index (χ0) is 21.3. The third-order valence-corrected chi connectivity index (χ3v) is 7.07. The number of ether oxygens (including phenoxy) is 1. The molecule has 3 rings (SSSR count).